The van der Waals surface area contributed by atoms with Crippen LogP contribution >= 0.6 is 0 Å². The van der Waals surface area contributed by atoms with Crippen LogP contribution in [0.4, 0.5) is 5.95 Å². The van der Waals surface area contributed by atoms with Crippen molar-refractivity contribution in [3.05, 3.63) is 89.1 Å². The highest BCUT2D eigenvalue weighted by Gasteiger charge is 2.20. The van der Waals surface area contributed by atoms with Crippen molar-refractivity contribution in [1.82, 2.24) is 19.5 Å². The fourth-order valence-corrected chi connectivity index (χ4v) is 4.00. The molecule has 0 unspecified atom stereocenters. The zero-order valence-corrected chi connectivity index (χ0v) is 16.7. The summed E-state index contributed by atoms with van der Waals surface area (Å²) in [4.78, 5) is 27.8. The maximum Gasteiger partial charge on any atom is 0.255 e. The van der Waals surface area contributed by atoms with Gasteiger partial charge < -0.3 is 4.90 Å². The number of nitrogens with zero attached hydrogens (tertiary/aromatic N) is 5. The fraction of sp³-hybridized carbons (Fsp3) is 0.167. The number of fused-ring (bicyclic) bond motifs is 1. The Kier molecular flexibility index (Phi) is 4.59. The molecule has 2 aromatic heterocycles. The molecule has 0 fully saturated rings. The molecule has 30 heavy (non-hydrogen) atoms. The second-order valence-electron chi connectivity index (χ2n) is 7.40. The van der Waals surface area contributed by atoms with E-state index in [2.05, 4.69) is 63.4 Å². The fourth-order valence-electron chi connectivity index (χ4n) is 4.00. The summed E-state index contributed by atoms with van der Waals surface area (Å²) in [5.74, 6) is 0.655. The molecule has 0 atom stereocenters. The first-order valence-electron chi connectivity index (χ1n) is 9.97. The lowest BCUT2D eigenvalue weighted by Gasteiger charge is -2.30. The molecule has 3 heterocycles. The Bertz CT molecular complexity index is 1300. The first kappa shape index (κ1) is 18.2. The van der Waals surface area contributed by atoms with E-state index in [1.807, 2.05) is 0 Å². The van der Waals surface area contributed by atoms with E-state index in [1.165, 1.54) is 34.3 Å². The smallest absolute Gasteiger partial charge is 0.255 e. The quantitative estimate of drug-likeness (QED) is 0.529. The minimum Gasteiger partial charge on any atom is -0.338 e. The lowest BCUT2D eigenvalue weighted by molar-refractivity contribution is 0.726. The van der Waals surface area contributed by atoms with Crippen LogP contribution < -0.4 is 10.5 Å². The predicted octanol–water partition coefficient (Wildman–Crippen LogP) is 3.68. The molecular formula is C24H21N5O. The van der Waals surface area contributed by atoms with Gasteiger partial charge in [-0.05, 0) is 34.4 Å². The molecule has 6 nitrogen and oxygen atoms in total. The van der Waals surface area contributed by atoms with Crippen LogP contribution in [-0.2, 0) is 7.05 Å². The van der Waals surface area contributed by atoms with Crippen LogP contribution in [0, 0.1) is 0 Å². The van der Waals surface area contributed by atoms with E-state index in [9.17, 15) is 4.79 Å². The molecule has 0 bridgehead atoms. The zero-order chi connectivity index (χ0) is 20.5. The van der Waals surface area contributed by atoms with E-state index in [-0.39, 0.29) is 5.56 Å². The summed E-state index contributed by atoms with van der Waals surface area (Å²) in [5, 5.41) is 2.47. The molecule has 0 saturated carbocycles. The first-order chi connectivity index (χ1) is 14.7. The normalized spacial score (nSPS) is 14.0. The lowest BCUT2D eigenvalue weighted by Crippen LogP contribution is -2.35. The number of anilines is 1. The van der Waals surface area contributed by atoms with Crippen molar-refractivity contribution in [2.24, 2.45) is 7.05 Å². The van der Waals surface area contributed by atoms with Gasteiger partial charge in [0.1, 0.15) is 6.33 Å². The van der Waals surface area contributed by atoms with Crippen molar-refractivity contribution in [1.29, 1.82) is 0 Å². The molecule has 0 N–H and O–H groups in total. The first-order valence-corrected chi connectivity index (χ1v) is 9.97. The maximum absolute atomic E-state index is 12.6. The molecule has 148 valence electrons. The Hall–Kier alpha value is -3.80. The van der Waals surface area contributed by atoms with Crippen molar-refractivity contribution in [3.8, 4) is 11.4 Å². The molecule has 2 aromatic carbocycles. The van der Waals surface area contributed by atoms with Crippen LogP contribution in [-0.4, -0.2) is 32.6 Å². The van der Waals surface area contributed by atoms with Gasteiger partial charge in [-0.25, -0.2) is 15.0 Å². The highest BCUT2D eigenvalue weighted by atomic mass is 16.1. The molecule has 0 saturated heterocycles. The molecule has 1 aliphatic heterocycles. The van der Waals surface area contributed by atoms with Crippen LogP contribution in [0.1, 0.15) is 12.0 Å². The van der Waals surface area contributed by atoms with Gasteiger partial charge in [0, 0.05) is 32.4 Å². The molecule has 0 radical (unpaired) electrons. The third kappa shape index (κ3) is 3.26. The standard InChI is InChI=1S/C24H21N5O/c1-28-23(30)14-22(21-11-12-25-16-26-21)27-24(28)29-13-5-8-18(15-29)20-10-4-7-17-6-2-3-9-19(17)20/h2-4,6-12,14,16H,5,13,15H2,1H3. The predicted molar refractivity (Wildman–Crippen MR) is 119 cm³/mol. The van der Waals surface area contributed by atoms with Gasteiger partial charge in [-0.1, -0.05) is 48.5 Å². The van der Waals surface area contributed by atoms with E-state index in [4.69, 9.17) is 4.98 Å². The van der Waals surface area contributed by atoms with E-state index in [0.29, 0.717) is 23.9 Å². The maximum atomic E-state index is 12.6. The Morgan fingerprint density at radius 2 is 1.87 bits per heavy atom. The molecular weight excluding hydrogens is 374 g/mol. The molecule has 6 heteroatoms. The number of hydrogen-bond acceptors (Lipinski definition) is 5. The third-order valence-electron chi connectivity index (χ3n) is 5.53. The summed E-state index contributed by atoms with van der Waals surface area (Å²) >= 11 is 0. The van der Waals surface area contributed by atoms with Gasteiger partial charge in [0.15, 0.2) is 0 Å². The van der Waals surface area contributed by atoms with Crippen LogP contribution in [0.25, 0.3) is 27.7 Å². The Morgan fingerprint density at radius 1 is 1.00 bits per heavy atom. The van der Waals surface area contributed by atoms with Crippen molar-refractivity contribution in [2.75, 3.05) is 18.0 Å². The van der Waals surface area contributed by atoms with Gasteiger partial charge in [-0.3, -0.25) is 9.36 Å². The van der Waals surface area contributed by atoms with Crippen molar-refractivity contribution in [3.63, 3.8) is 0 Å². The summed E-state index contributed by atoms with van der Waals surface area (Å²) < 4.78 is 1.61. The van der Waals surface area contributed by atoms with Crippen molar-refractivity contribution < 1.29 is 0 Å². The number of rotatable bonds is 3. The monoisotopic (exact) mass is 395 g/mol. The minimum absolute atomic E-state index is 0.102. The van der Waals surface area contributed by atoms with Gasteiger partial charge in [0.25, 0.3) is 5.56 Å². The Morgan fingerprint density at radius 3 is 2.73 bits per heavy atom. The van der Waals surface area contributed by atoms with Crippen molar-refractivity contribution >= 4 is 22.3 Å². The van der Waals surface area contributed by atoms with Gasteiger partial charge in [-0.2, -0.15) is 0 Å². The third-order valence-corrected chi connectivity index (χ3v) is 5.53. The van der Waals surface area contributed by atoms with E-state index in [0.717, 1.165) is 13.0 Å². The minimum atomic E-state index is -0.102. The Balaban J connectivity index is 1.54. The van der Waals surface area contributed by atoms with E-state index >= 15 is 0 Å². The van der Waals surface area contributed by atoms with Crippen LogP contribution in [0.15, 0.2) is 78.0 Å². The van der Waals surface area contributed by atoms with Crippen LogP contribution in [0.5, 0.6) is 0 Å². The van der Waals surface area contributed by atoms with Gasteiger partial charge in [0.05, 0.1) is 11.4 Å². The number of benzene rings is 2. The molecule has 0 spiro atoms. The molecule has 5 rings (SSSR count). The average Bonchev–Trinajstić information content (AvgIpc) is 2.81. The molecule has 0 amide bonds. The molecule has 4 aromatic rings. The van der Waals surface area contributed by atoms with Crippen LogP contribution in [0.2, 0.25) is 0 Å². The van der Waals surface area contributed by atoms with E-state index < -0.39 is 0 Å². The summed E-state index contributed by atoms with van der Waals surface area (Å²) in [6.45, 7) is 1.50. The molecule has 0 aliphatic carbocycles. The number of aromatic nitrogens is 4. The summed E-state index contributed by atoms with van der Waals surface area (Å²) in [6, 6.07) is 18.1. The molecule has 1 aliphatic rings. The SMILES string of the molecule is Cn1c(N2CCC=C(c3cccc4ccccc34)C2)nc(-c2ccncn2)cc1=O. The lowest BCUT2D eigenvalue weighted by atomic mass is 9.95. The average molecular weight is 395 g/mol. The van der Waals surface area contributed by atoms with Gasteiger partial charge in [-0.15, -0.1) is 0 Å². The van der Waals surface area contributed by atoms with Crippen molar-refractivity contribution in [2.45, 2.75) is 6.42 Å². The summed E-state index contributed by atoms with van der Waals surface area (Å²) in [7, 11) is 1.77. The largest absolute Gasteiger partial charge is 0.338 e. The van der Waals surface area contributed by atoms with Crippen LogP contribution in [0.3, 0.4) is 0 Å². The Labute approximate surface area is 174 Å². The number of hydrogen-bond donors (Lipinski definition) is 0. The van der Waals surface area contributed by atoms with E-state index in [1.54, 1.807) is 23.9 Å². The zero-order valence-electron chi connectivity index (χ0n) is 16.7. The summed E-state index contributed by atoms with van der Waals surface area (Å²) in [6.07, 6.45) is 6.32. The summed E-state index contributed by atoms with van der Waals surface area (Å²) in [5.41, 5.74) is 3.59. The highest BCUT2D eigenvalue weighted by molar-refractivity contribution is 5.94. The van der Waals surface area contributed by atoms with Gasteiger partial charge in [0.2, 0.25) is 5.95 Å². The second-order valence-corrected chi connectivity index (χ2v) is 7.40. The second kappa shape index (κ2) is 7.55. The highest BCUT2D eigenvalue weighted by Crippen LogP contribution is 2.29. The topological polar surface area (TPSA) is 63.9 Å². The van der Waals surface area contributed by atoms with Gasteiger partial charge >= 0.3 is 0 Å².